The molecule has 0 aliphatic carbocycles. The molecule has 3 aliphatic heterocycles. The summed E-state index contributed by atoms with van der Waals surface area (Å²) in [5.41, 5.74) is 0.290. The van der Waals surface area contributed by atoms with Gasteiger partial charge in [0, 0.05) is 27.9 Å². The zero-order valence-corrected chi connectivity index (χ0v) is 18.4. The van der Waals surface area contributed by atoms with Crippen molar-refractivity contribution in [2.45, 2.75) is 44.3 Å². The van der Waals surface area contributed by atoms with Gasteiger partial charge >= 0.3 is 0 Å². The molecule has 0 radical (unpaired) electrons. The molecule has 2 aromatic rings. The van der Waals surface area contributed by atoms with Crippen LogP contribution in [0.5, 0.6) is 0 Å². The number of nitrogens with zero attached hydrogens (tertiary/aromatic N) is 1. The van der Waals surface area contributed by atoms with Crippen molar-refractivity contribution >= 4 is 35.0 Å². The lowest BCUT2D eigenvalue weighted by atomic mass is 9.76. The summed E-state index contributed by atoms with van der Waals surface area (Å²) >= 11 is 6.28. The number of hydrogen-bond donors (Lipinski definition) is 2. The second-order valence-corrected chi connectivity index (χ2v) is 10.0. The normalized spacial score (nSPS) is 29.5. The minimum Gasteiger partial charge on any atom is -0.324 e. The molecule has 3 aliphatic rings. The van der Waals surface area contributed by atoms with Crippen molar-refractivity contribution in [1.82, 2.24) is 10.2 Å². The zero-order valence-electron chi connectivity index (χ0n) is 17.6. The van der Waals surface area contributed by atoms with E-state index < -0.39 is 22.9 Å². The summed E-state index contributed by atoms with van der Waals surface area (Å²) in [4.78, 5) is 42.0. The third-order valence-corrected chi connectivity index (χ3v) is 6.88. The van der Waals surface area contributed by atoms with Gasteiger partial charge in [0.05, 0.1) is 11.8 Å². The molecule has 160 valence electrons. The monoisotopic (exact) mass is 437 g/mol. The van der Waals surface area contributed by atoms with Crippen molar-refractivity contribution in [2.75, 3.05) is 5.32 Å². The van der Waals surface area contributed by atoms with Crippen LogP contribution < -0.4 is 10.6 Å². The number of hydrogen-bond acceptors (Lipinski definition) is 4. The summed E-state index contributed by atoms with van der Waals surface area (Å²) in [5, 5.41) is 6.82. The lowest BCUT2D eigenvalue weighted by Gasteiger charge is -2.34. The van der Waals surface area contributed by atoms with Crippen LogP contribution in [0.1, 0.15) is 31.9 Å². The molecular weight excluding hydrogens is 414 g/mol. The Kier molecular flexibility index (Phi) is 4.33. The lowest BCUT2D eigenvalue weighted by molar-refractivity contribution is -0.147. The van der Waals surface area contributed by atoms with Gasteiger partial charge < -0.3 is 5.32 Å². The Labute approximate surface area is 185 Å². The maximum Gasteiger partial charge on any atom is 0.250 e. The Morgan fingerprint density at radius 1 is 1.03 bits per heavy atom. The Hall–Kier alpha value is -2.70. The van der Waals surface area contributed by atoms with Gasteiger partial charge in [-0.1, -0.05) is 41.9 Å². The van der Waals surface area contributed by atoms with Gasteiger partial charge in [-0.15, -0.1) is 0 Å². The molecule has 0 unspecified atom stereocenters. The standard InChI is InChI=1S/C24H24ClN3O3/c1-23(2,3)28-20(29)18-17(11-13-7-5-4-6-8-13)27-24(19(18)21(28)30)15-12-14(25)9-10-16(15)26-22(24)31/h4-10,12,17-19,27H,11H2,1-3H3,(H,26,31)/t17-,18+,19-,24+/m0/s1. The summed E-state index contributed by atoms with van der Waals surface area (Å²) in [6, 6.07) is 14.6. The van der Waals surface area contributed by atoms with Crippen molar-refractivity contribution in [3.8, 4) is 0 Å². The molecule has 6 nitrogen and oxygen atoms in total. The number of nitrogens with one attached hydrogen (secondary N) is 2. The Balaban J connectivity index is 1.68. The van der Waals surface area contributed by atoms with E-state index in [0.717, 1.165) is 5.56 Å². The molecule has 3 amide bonds. The van der Waals surface area contributed by atoms with E-state index in [1.165, 1.54) is 4.90 Å². The van der Waals surface area contributed by atoms with E-state index in [1.54, 1.807) is 18.2 Å². The molecule has 0 aromatic heterocycles. The van der Waals surface area contributed by atoms with E-state index in [-0.39, 0.29) is 23.8 Å². The third-order valence-electron chi connectivity index (χ3n) is 6.65. The van der Waals surface area contributed by atoms with Crippen LogP contribution in [-0.2, 0) is 26.3 Å². The van der Waals surface area contributed by atoms with E-state index in [0.29, 0.717) is 22.7 Å². The van der Waals surface area contributed by atoms with Crippen molar-refractivity contribution in [3.63, 3.8) is 0 Å². The summed E-state index contributed by atoms with van der Waals surface area (Å²) in [6.07, 6.45) is 0.532. The molecule has 7 heteroatoms. The van der Waals surface area contributed by atoms with Gasteiger partial charge in [-0.25, -0.2) is 0 Å². The van der Waals surface area contributed by atoms with Crippen LogP contribution >= 0.6 is 11.6 Å². The SMILES string of the molecule is CC(C)(C)N1C(=O)[C@@H]2[C@H](Cc3ccccc3)N[C@@]3(C(=O)Nc4ccc(Cl)cc43)[C@@H]2C1=O. The van der Waals surface area contributed by atoms with Gasteiger partial charge in [0.15, 0.2) is 0 Å². The predicted molar refractivity (Wildman–Crippen MR) is 117 cm³/mol. The largest absolute Gasteiger partial charge is 0.324 e. The van der Waals surface area contributed by atoms with Gasteiger partial charge in [0.25, 0.3) is 0 Å². The Bertz CT molecular complexity index is 1110. The lowest BCUT2D eigenvalue weighted by Crippen LogP contribution is -2.56. The molecule has 2 aromatic carbocycles. The van der Waals surface area contributed by atoms with Crippen LogP contribution in [0.15, 0.2) is 48.5 Å². The highest BCUT2D eigenvalue weighted by Gasteiger charge is 2.71. The second kappa shape index (κ2) is 6.65. The number of carbonyl (C=O) groups excluding carboxylic acids is 3. The van der Waals surface area contributed by atoms with Crippen molar-refractivity contribution in [1.29, 1.82) is 0 Å². The van der Waals surface area contributed by atoms with Gasteiger partial charge in [-0.2, -0.15) is 0 Å². The first-order valence-electron chi connectivity index (χ1n) is 10.5. The van der Waals surface area contributed by atoms with Crippen LogP contribution in [0.2, 0.25) is 5.02 Å². The molecule has 2 fully saturated rings. The molecule has 3 heterocycles. The minimum absolute atomic E-state index is 0.226. The fourth-order valence-corrected chi connectivity index (χ4v) is 5.65. The highest BCUT2D eigenvalue weighted by Crippen LogP contribution is 2.54. The van der Waals surface area contributed by atoms with Crippen molar-refractivity contribution < 1.29 is 14.4 Å². The molecule has 5 rings (SSSR count). The van der Waals surface area contributed by atoms with E-state index in [9.17, 15) is 14.4 Å². The topological polar surface area (TPSA) is 78.5 Å². The first-order valence-corrected chi connectivity index (χ1v) is 10.8. The first-order chi connectivity index (χ1) is 14.6. The molecule has 4 atom stereocenters. The molecule has 2 saturated heterocycles. The van der Waals surface area contributed by atoms with Crippen LogP contribution in [0.4, 0.5) is 5.69 Å². The molecule has 0 saturated carbocycles. The average molecular weight is 438 g/mol. The van der Waals surface area contributed by atoms with E-state index >= 15 is 0 Å². The van der Waals surface area contributed by atoms with E-state index in [1.807, 2.05) is 51.1 Å². The Morgan fingerprint density at radius 3 is 2.42 bits per heavy atom. The van der Waals surface area contributed by atoms with Crippen LogP contribution in [-0.4, -0.2) is 34.2 Å². The van der Waals surface area contributed by atoms with Gasteiger partial charge in [-0.05, 0) is 51.0 Å². The third kappa shape index (κ3) is 2.78. The number of carbonyl (C=O) groups is 3. The van der Waals surface area contributed by atoms with Crippen LogP contribution in [0.3, 0.4) is 0 Å². The summed E-state index contributed by atoms with van der Waals surface area (Å²) in [7, 11) is 0. The highest BCUT2D eigenvalue weighted by molar-refractivity contribution is 6.31. The smallest absolute Gasteiger partial charge is 0.250 e. The molecule has 1 spiro atoms. The first kappa shape index (κ1) is 20.2. The summed E-state index contributed by atoms with van der Waals surface area (Å²) in [6.45, 7) is 5.53. The number of benzene rings is 2. The second-order valence-electron chi connectivity index (χ2n) is 9.58. The molecule has 2 N–H and O–H groups in total. The van der Waals surface area contributed by atoms with Gasteiger partial charge in [0.1, 0.15) is 5.54 Å². The molecule has 0 bridgehead atoms. The summed E-state index contributed by atoms with van der Waals surface area (Å²) < 4.78 is 0. The van der Waals surface area contributed by atoms with Crippen LogP contribution in [0.25, 0.3) is 0 Å². The van der Waals surface area contributed by atoms with E-state index in [4.69, 9.17) is 11.6 Å². The van der Waals surface area contributed by atoms with Crippen molar-refractivity contribution in [3.05, 3.63) is 64.7 Å². The summed E-state index contributed by atoms with van der Waals surface area (Å²) in [5.74, 6) is -2.31. The predicted octanol–water partition coefficient (Wildman–Crippen LogP) is 3.10. The van der Waals surface area contributed by atoms with Gasteiger partial charge in [0.2, 0.25) is 17.7 Å². The maximum atomic E-state index is 13.7. The van der Waals surface area contributed by atoms with E-state index in [2.05, 4.69) is 10.6 Å². The average Bonchev–Trinajstić information content (AvgIpc) is 3.27. The number of amides is 3. The molecule has 31 heavy (non-hydrogen) atoms. The fourth-order valence-electron chi connectivity index (χ4n) is 5.48. The highest BCUT2D eigenvalue weighted by atomic mass is 35.5. The van der Waals surface area contributed by atoms with Crippen LogP contribution in [0, 0.1) is 11.8 Å². The number of halogens is 1. The zero-order chi connectivity index (χ0) is 22.1. The quantitative estimate of drug-likeness (QED) is 0.707. The number of anilines is 1. The number of fused-ring (bicyclic) bond motifs is 4. The van der Waals surface area contributed by atoms with Gasteiger partial charge in [-0.3, -0.25) is 24.6 Å². The molecular formula is C24H24ClN3O3. The maximum absolute atomic E-state index is 13.7. The minimum atomic E-state index is -1.32. The number of likely N-dealkylation sites (tertiary alicyclic amines) is 1. The van der Waals surface area contributed by atoms with Crippen molar-refractivity contribution in [2.24, 2.45) is 11.8 Å². The fraction of sp³-hybridized carbons (Fsp3) is 0.375. The number of imide groups is 1. The Morgan fingerprint density at radius 2 is 1.74 bits per heavy atom. The number of rotatable bonds is 2.